The lowest BCUT2D eigenvalue weighted by Gasteiger charge is -2.05. The third kappa shape index (κ3) is 3.88. The Morgan fingerprint density at radius 2 is 2.18 bits per heavy atom. The van der Waals surface area contributed by atoms with Gasteiger partial charge in [0.25, 0.3) is 0 Å². The SMILES string of the molecule is O=C(NCc1nccs1)OCc1ccccc1. The van der Waals surface area contributed by atoms with Crippen LogP contribution in [0.5, 0.6) is 0 Å². The van der Waals surface area contributed by atoms with Crippen molar-refractivity contribution in [2.45, 2.75) is 13.2 Å². The number of amides is 1. The molecule has 0 unspecified atom stereocenters. The molecule has 2 rings (SSSR count). The Hall–Kier alpha value is -1.88. The number of benzene rings is 1. The van der Waals surface area contributed by atoms with Crippen LogP contribution in [0.15, 0.2) is 41.9 Å². The Labute approximate surface area is 103 Å². The Morgan fingerprint density at radius 1 is 1.35 bits per heavy atom. The molecule has 17 heavy (non-hydrogen) atoms. The van der Waals surface area contributed by atoms with E-state index in [1.54, 1.807) is 6.20 Å². The zero-order chi connectivity index (χ0) is 11.9. The van der Waals surface area contributed by atoms with E-state index in [2.05, 4.69) is 10.3 Å². The summed E-state index contributed by atoms with van der Waals surface area (Å²) in [6, 6.07) is 9.56. The van der Waals surface area contributed by atoms with Crippen LogP contribution in [0.3, 0.4) is 0 Å². The van der Waals surface area contributed by atoms with Crippen molar-refractivity contribution >= 4 is 17.4 Å². The van der Waals surface area contributed by atoms with Crippen molar-refractivity contribution in [2.24, 2.45) is 0 Å². The standard InChI is InChI=1S/C12H12N2O2S/c15-12(14-8-11-13-6-7-17-11)16-9-10-4-2-1-3-5-10/h1-7H,8-9H2,(H,14,15). The number of hydrogen-bond acceptors (Lipinski definition) is 4. The van der Waals surface area contributed by atoms with E-state index < -0.39 is 6.09 Å². The molecule has 1 N–H and O–H groups in total. The van der Waals surface area contributed by atoms with Gasteiger partial charge in [0.05, 0.1) is 6.54 Å². The lowest BCUT2D eigenvalue weighted by Crippen LogP contribution is -2.23. The lowest BCUT2D eigenvalue weighted by molar-refractivity contribution is 0.139. The Morgan fingerprint density at radius 3 is 2.88 bits per heavy atom. The van der Waals surface area contributed by atoms with Gasteiger partial charge in [-0.3, -0.25) is 0 Å². The summed E-state index contributed by atoms with van der Waals surface area (Å²) in [7, 11) is 0. The summed E-state index contributed by atoms with van der Waals surface area (Å²) in [5.74, 6) is 0. The maximum Gasteiger partial charge on any atom is 0.407 e. The highest BCUT2D eigenvalue weighted by Gasteiger charge is 2.03. The third-order valence-corrected chi connectivity index (χ3v) is 2.86. The molecule has 0 atom stereocenters. The molecule has 0 saturated heterocycles. The molecule has 0 aliphatic rings. The first kappa shape index (κ1) is 11.6. The highest BCUT2D eigenvalue weighted by Crippen LogP contribution is 2.03. The van der Waals surface area contributed by atoms with Crippen LogP contribution in [-0.4, -0.2) is 11.1 Å². The molecule has 0 fully saturated rings. The van der Waals surface area contributed by atoms with Crippen LogP contribution in [0.4, 0.5) is 4.79 Å². The van der Waals surface area contributed by atoms with Crippen LogP contribution in [0.2, 0.25) is 0 Å². The normalized spacial score (nSPS) is 9.88. The molecule has 0 aliphatic heterocycles. The lowest BCUT2D eigenvalue weighted by atomic mass is 10.2. The molecule has 4 nitrogen and oxygen atoms in total. The Bertz CT molecular complexity index is 457. The first-order chi connectivity index (χ1) is 8.34. The molecule has 0 aliphatic carbocycles. The van der Waals surface area contributed by atoms with Gasteiger partial charge in [0, 0.05) is 11.6 Å². The van der Waals surface area contributed by atoms with Crippen molar-refractivity contribution in [3.63, 3.8) is 0 Å². The van der Waals surface area contributed by atoms with Gasteiger partial charge >= 0.3 is 6.09 Å². The molecule has 0 spiro atoms. The molecule has 1 aromatic carbocycles. The predicted molar refractivity (Wildman–Crippen MR) is 65.6 cm³/mol. The quantitative estimate of drug-likeness (QED) is 0.904. The number of carbonyl (C=O) groups is 1. The minimum absolute atomic E-state index is 0.282. The number of alkyl carbamates (subject to hydrolysis) is 1. The van der Waals surface area contributed by atoms with Crippen LogP contribution in [-0.2, 0) is 17.9 Å². The number of aromatic nitrogens is 1. The van der Waals surface area contributed by atoms with E-state index in [0.717, 1.165) is 10.6 Å². The molecule has 88 valence electrons. The highest BCUT2D eigenvalue weighted by molar-refractivity contribution is 7.09. The summed E-state index contributed by atoms with van der Waals surface area (Å²) < 4.78 is 5.05. The number of nitrogens with one attached hydrogen (secondary N) is 1. The minimum atomic E-state index is -0.427. The largest absolute Gasteiger partial charge is 0.445 e. The van der Waals surface area contributed by atoms with Crippen molar-refractivity contribution < 1.29 is 9.53 Å². The van der Waals surface area contributed by atoms with Gasteiger partial charge in [-0.15, -0.1) is 11.3 Å². The van der Waals surface area contributed by atoms with Gasteiger partial charge in [-0.1, -0.05) is 30.3 Å². The van der Waals surface area contributed by atoms with Crippen LogP contribution in [0.1, 0.15) is 10.6 Å². The van der Waals surface area contributed by atoms with E-state index in [9.17, 15) is 4.79 Å². The van der Waals surface area contributed by atoms with E-state index in [4.69, 9.17) is 4.74 Å². The van der Waals surface area contributed by atoms with Gasteiger partial charge in [0.15, 0.2) is 0 Å². The van der Waals surface area contributed by atoms with Crippen LogP contribution >= 0.6 is 11.3 Å². The highest BCUT2D eigenvalue weighted by atomic mass is 32.1. The number of nitrogens with zero attached hydrogens (tertiary/aromatic N) is 1. The van der Waals surface area contributed by atoms with Crippen molar-refractivity contribution in [1.29, 1.82) is 0 Å². The number of thiazole rings is 1. The predicted octanol–water partition coefficient (Wildman–Crippen LogP) is 2.57. The molecular formula is C12H12N2O2S. The Balaban J connectivity index is 1.71. The monoisotopic (exact) mass is 248 g/mol. The maximum absolute atomic E-state index is 11.4. The molecular weight excluding hydrogens is 236 g/mol. The van der Waals surface area contributed by atoms with E-state index in [1.807, 2.05) is 35.7 Å². The van der Waals surface area contributed by atoms with E-state index in [1.165, 1.54) is 11.3 Å². The van der Waals surface area contributed by atoms with Crippen molar-refractivity contribution in [3.8, 4) is 0 Å². The number of rotatable bonds is 4. The van der Waals surface area contributed by atoms with Gasteiger partial charge in [-0.2, -0.15) is 0 Å². The molecule has 1 aromatic heterocycles. The minimum Gasteiger partial charge on any atom is -0.445 e. The fourth-order valence-electron chi connectivity index (χ4n) is 1.26. The molecule has 0 radical (unpaired) electrons. The average Bonchev–Trinajstić information content (AvgIpc) is 2.88. The molecule has 0 saturated carbocycles. The number of hydrogen-bond donors (Lipinski definition) is 1. The van der Waals surface area contributed by atoms with Crippen LogP contribution in [0.25, 0.3) is 0 Å². The first-order valence-electron chi connectivity index (χ1n) is 5.17. The first-order valence-corrected chi connectivity index (χ1v) is 6.05. The van der Waals surface area contributed by atoms with Gasteiger partial charge < -0.3 is 10.1 Å². The summed E-state index contributed by atoms with van der Waals surface area (Å²) in [6.07, 6.45) is 1.28. The smallest absolute Gasteiger partial charge is 0.407 e. The van der Waals surface area contributed by atoms with Crippen molar-refractivity contribution in [2.75, 3.05) is 0 Å². The molecule has 2 aromatic rings. The summed E-state index contributed by atoms with van der Waals surface area (Å²) in [5.41, 5.74) is 0.969. The fraction of sp³-hybridized carbons (Fsp3) is 0.167. The summed E-state index contributed by atoms with van der Waals surface area (Å²) >= 11 is 1.50. The zero-order valence-corrected chi connectivity index (χ0v) is 9.94. The zero-order valence-electron chi connectivity index (χ0n) is 9.13. The van der Waals surface area contributed by atoms with Gasteiger partial charge in [-0.25, -0.2) is 9.78 Å². The van der Waals surface area contributed by atoms with Gasteiger partial charge in [-0.05, 0) is 5.56 Å². The molecule has 1 heterocycles. The average molecular weight is 248 g/mol. The second kappa shape index (κ2) is 6.00. The van der Waals surface area contributed by atoms with E-state index in [-0.39, 0.29) is 6.61 Å². The van der Waals surface area contributed by atoms with E-state index in [0.29, 0.717) is 6.54 Å². The second-order valence-corrected chi connectivity index (χ2v) is 4.32. The maximum atomic E-state index is 11.4. The van der Waals surface area contributed by atoms with Crippen LogP contribution < -0.4 is 5.32 Å². The second-order valence-electron chi connectivity index (χ2n) is 3.34. The fourth-order valence-corrected chi connectivity index (χ4v) is 1.82. The van der Waals surface area contributed by atoms with Crippen molar-refractivity contribution in [3.05, 3.63) is 52.5 Å². The van der Waals surface area contributed by atoms with Gasteiger partial charge in [0.1, 0.15) is 11.6 Å². The van der Waals surface area contributed by atoms with E-state index >= 15 is 0 Å². The molecule has 1 amide bonds. The third-order valence-electron chi connectivity index (χ3n) is 2.08. The summed E-state index contributed by atoms with van der Waals surface area (Å²) in [5, 5.41) is 5.37. The molecule has 0 bridgehead atoms. The number of carbonyl (C=O) groups excluding carboxylic acids is 1. The summed E-state index contributed by atoms with van der Waals surface area (Å²) in [6.45, 7) is 0.690. The Kier molecular flexibility index (Phi) is 4.10. The topological polar surface area (TPSA) is 51.2 Å². The number of ether oxygens (including phenoxy) is 1. The van der Waals surface area contributed by atoms with Crippen LogP contribution in [0, 0.1) is 0 Å². The molecule has 5 heteroatoms. The summed E-state index contributed by atoms with van der Waals surface area (Å²) in [4.78, 5) is 15.4. The van der Waals surface area contributed by atoms with Crippen molar-refractivity contribution in [1.82, 2.24) is 10.3 Å². The van der Waals surface area contributed by atoms with Gasteiger partial charge in [0.2, 0.25) is 0 Å².